The van der Waals surface area contributed by atoms with Gasteiger partial charge in [-0.15, -0.1) is 0 Å². The highest BCUT2D eigenvalue weighted by molar-refractivity contribution is 4.95. The van der Waals surface area contributed by atoms with Gasteiger partial charge < -0.3 is 9.84 Å². The summed E-state index contributed by atoms with van der Waals surface area (Å²) in [6, 6.07) is 0. The average molecular weight is 294 g/mol. The van der Waals surface area contributed by atoms with Crippen LogP contribution in [0.25, 0.3) is 0 Å². The van der Waals surface area contributed by atoms with Gasteiger partial charge in [0.2, 0.25) is 0 Å². The summed E-state index contributed by atoms with van der Waals surface area (Å²) in [5, 5.41) is 9.92. The zero-order chi connectivity index (χ0) is 16.1. The monoisotopic (exact) mass is 294 g/mol. The SMILES string of the molecule is CC(C)=CCC/C=C/COC(C)C[C@@H](O)CCC=C(C)C. The van der Waals surface area contributed by atoms with Crippen molar-refractivity contribution in [2.45, 2.75) is 78.9 Å². The zero-order valence-electron chi connectivity index (χ0n) is 14.6. The van der Waals surface area contributed by atoms with Crippen LogP contribution in [0.4, 0.5) is 0 Å². The van der Waals surface area contributed by atoms with Crippen molar-refractivity contribution in [1.29, 1.82) is 0 Å². The average Bonchev–Trinajstić information content (AvgIpc) is 2.36. The number of aliphatic hydroxyl groups is 1. The van der Waals surface area contributed by atoms with Crippen LogP contribution in [0.3, 0.4) is 0 Å². The number of hydrogen-bond acceptors (Lipinski definition) is 2. The lowest BCUT2D eigenvalue weighted by atomic mass is 10.1. The molecule has 0 aliphatic rings. The van der Waals surface area contributed by atoms with Gasteiger partial charge in [-0.25, -0.2) is 0 Å². The summed E-state index contributed by atoms with van der Waals surface area (Å²) in [4.78, 5) is 0. The van der Waals surface area contributed by atoms with Gasteiger partial charge in [-0.1, -0.05) is 35.5 Å². The largest absolute Gasteiger partial charge is 0.393 e. The van der Waals surface area contributed by atoms with Crippen LogP contribution in [0.5, 0.6) is 0 Å². The number of aliphatic hydroxyl groups excluding tert-OH is 1. The molecule has 0 bridgehead atoms. The van der Waals surface area contributed by atoms with Crippen molar-refractivity contribution >= 4 is 0 Å². The molecule has 0 heterocycles. The first-order valence-corrected chi connectivity index (χ1v) is 8.13. The van der Waals surface area contributed by atoms with Crippen LogP contribution in [-0.2, 0) is 4.74 Å². The van der Waals surface area contributed by atoms with Gasteiger partial charge in [-0.3, -0.25) is 0 Å². The summed E-state index contributed by atoms with van der Waals surface area (Å²) in [6.45, 7) is 11.1. The van der Waals surface area contributed by atoms with Crippen molar-refractivity contribution in [3.05, 3.63) is 35.5 Å². The quantitative estimate of drug-likeness (QED) is 0.419. The summed E-state index contributed by atoms with van der Waals surface area (Å²) >= 11 is 0. The first-order valence-electron chi connectivity index (χ1n) is 8.13. The number of unbranched alkanes of at least 4 members (excludes halogenated alkanes) is 1. The molecule has 0 aromatic carbocycles. The number of hydrogen-bond donors (Lipinski definition) is 1. The number of allylic oxidation sites excluding steroid dienone is 5. The molecule has 0 aliphatic carbocycles. The lowest BCUT2D eigenvalue weighted by molar-refractivity contribution is 0.0363. The Bertz CT molecular complexity index is 331. The van der Waals surface area contributed by atoms with Crippen molar-refractivity contribution in [3.63, 3.8) is 0 Å². The Morgan fingerprint density at radius 3 is 2.19 bits per heavy atom. The molecular weight excluding hydrogens is 260 g/mol. The van der Waals surface area contributed by atoms with E-state index in [1.165, 1.54) is 11.1 Å². The maximum atomic E-state index is 9.92. The lowest BCUT2D eigenvalue weighted by Crippen LogP contribution is -2.18. The molecule has 0 aliphatic heterocycles. The molecule has 0 aromatic rings. The highest BCUT2D eigenvalue weighted by Crippen LogP contribution is 2.09. The van der Waals surface area contributed by atoms with Crippen LogP contribution in [0, 0.1) is 0 Å². The smallest absolute Gasteiger partial charge is 0.0651 e. The molecule has 0 saturated carbocycles. The van der Waals surface area contributed by atoms with E-state index in [0.717, 1.165) is 25.7 Å². The van der Waals surface area contributed by atoms with E-state index < -0.39 is 0 Å². The van der Waals surface area contributed by atoms with Gasteiger partial charge >= 0.3 is 0 Å². The normalized spacial score (nSPS) is 14.0. The second-order valence-corrected chi connectivity index (χ2v) is 6.22. The third-order valence-electron chi connectivity index (χ3n) is 3.19. The Morgan fingerprint density at radius 2 is 1.57 bits per heavy atom. The summed E-state index contributed by atoms with van der Waals surface area (Å²) in [7, 11) is 0. The van der Waals surface area contributed by atoms with Crippen LogP contribution in [0.2, 0.25) is 0 Å². The molecule has 0 rings (SSSR count). The molecule has 21 heavy (non-hydrogen) atoms. The van der Waals surface area contributed by atoms with Crippen LogP contribution >= 0.6 is 0 Å². The fraction of sp³-hybridized carbons (Fsp3) is 0.684. The van der Waals surface area contributed by atoms with E-state index in [9.17, 15) is 5.11 Å². The van der Waals surface area contributed by atoms with E-state index in [4.69, 9.17) is 4.74 Å². The molecule has 1 N–H and O–H groups in total. The van der Waals surface area contributed by atoms with E-state index in [2.05, 4.69) is 52.0 Å². The fourth-order valence-electron chi connectivity index (χ4n) is 2.01. The molecule has 0 fully saturated rings. The topological polar surface area (TPSA) is 29.5 Å². The number of rotatable bonds is 11. The van der Waals surface area contributed by atoms with Gasteiger partial charge in [0.1, 0.15) is 0 Å². The van der Waals surface area contributed by atoms with Crippen molar-refractivity contribution in [3.8, 4) is 0 Å². The highest BCUT2D eigenvalue weighted by Gasteiger charge is 2.09. The maximum absolute atomic E-state index is 9.92. The summed E-state index contributed by atoms with van der Waals surface area (Å²) in [6.07, 6.45) is 13.1. The molecule has 0 saturated heterocycles. The standard InChI is InChI=1S/C19H34O2/c1-16(2)11-8-6-7-9-14-21-18(5)15-19(20)13-10-12-17(3)4/h7,9,11-12,18-20H,6,8,10,13-15H2,1-5H3/b9-7+/t18?,19-/m0/s1. The van der Waals surface area contributed by atoms with E-state index >= 15 is 0 Å². The Kier molecular flexibility index (Phi) is 12.3. The fourth-order valence-corrected chi connectivity index (χ4v) is 2.01. The van der Waals surface area contributed by atoms with Gasteiger partial charge in [0.25, 0.3) is 0 Å². The van der Waals surface area contributed by atoms with Crippen molar-refractivity contribution in [1.82, 2.24) is 0 Å². The third kappa shape index (κ3) is 15.3. The molecule has 0 spiro atoms. The first kappa shape index (κ1) is 20.1. The molecule has 1 unspecified atom stereocenters. The van der Waals surface area contributed by atoms with Crippen molar-refractivity contribution < 1.29 is 9.84 Å². The highest BCUT2D eigenvalue weighted by atomic mass is 16.5. The van der Waals surface area contributed by atoms with E-state index in [-0.39, 0.29) is 12.2 Å². The van der Waals surface area contributed by atoms with Crippen LogP contribution in [0.1, 0.15) is 66.7 Å². The Labute approximate surface area is 131 Å². The van der Waals surface area contributed by atoms with Crippen LogP contribution < -0.4 is 0 Å². The number of ether oxygens (including phenoxy) is 1. The van der Waals surface area contributed by atoms with Gasteiger partial charge in [0, 0.05) is 0 Å². The first-order chi connectivity index (χ1) is 9.91. The van der Waals surface area contributed by atoms with Crippen LogP contribution in [0.15, 0.2) is 35.5 Å². The minimum absolute atomic E-state index is 0.106. The van der Waals surface area contributed by atoms with Gasteiger partial charge in [-0.2, -0.15) is 0 Å². The molecule has 2 atom stereocenters. The Morgan fingerprint density at radius 1 is 0.952 bits per heavy atom. The summed E-state index contributed by atoms with van der Waals surface area (Å²) in [5.74, 6) is 0. The minimum atomic E-state index is -0.266. The molecule has 0 radical (unpaired) electrons. The second kappa shape index (κ2) is 12.8. The summed E-state index contributed by atoms with van der Waals surface area (Å²) in [5.41, 5.74) is 2.68. The summed E-state index contributed by atoms with van der Waals surface area (Å²) < 4.78 is 5.69. The van der Waals surface area contributed by atoms with Crippen LogP contribution in [-0.4, -0.2) is 23.9 Å². The van der Waals surface area contributed by atoms with E-state index in [1.54, 1.807) is 0 Å². The molecular formula is C19H34O2. The van der Waals surface area contributed by atoms with Gasteiger partial charge in [0.05, 0.1) is 18.8 Å². The third-order valence-corrected chi connectivity index (χ3v) is 3.19. The second-order valence-electron chi connectivity index (χ2n) is 6.22. The minimum Gasteiger partial charge on any atom is -0.393 e. The van der Waals surface area contributed by atoms with E-state index in [0.29, 0.717) is 13.0 Å². The predicted molar refractivity (Wildman–Crippen MR) is 92.5 cm³/mol. The predicted octanol–water partition coefficient (Wildman–Crippen LogP) is 5.19. The van der Waals surface area contributed by atoms with Gasteiger partial charge in [0.15, 0.2) is 0 Å². The van der Waals surface area contributed by atoms with Crippen molar-refractivity contribution in [2.24, 2.45) is 0 Å². The maximum Gasteiger partial charge on any atom is 0.0651 e. The molecule has 2 nitrogen and oxygen atoms in total. The molecule has 0 amide bonds. The Hall–Kier alpha value is -0.860. The zero-order valence-corrected chi connectivity index (χ0v) is 14.6. The van der Waals surface area contributed by atoms with E-state index in [1.807, 2.05) is 6.92 Å². The molecule has 2 heteroatoms. The molecule has 0 aromatic heterocycles. The molecule has 122 valence electrons. The van der Waals surface area contributed by atoms with Gasteiger partial charge in [-0.05, 0) is 66.7 Å². The lowest BCUT2D eigenvalue weighted by Gasteiger charge is -2.16. The van der Waals surface area contributed by atoms with Crippen molar-refractivity contribution in [2.75, 3.05) is 6.61 Å². The Balaban J connectivity index is 3.65.